The number of halogens is 2. The zero-order chi connectivity index (χ0) is 17.8. The number of carbonyl (C=O) groups is 1. The first-order valence-corrected chi connectivity index (χ1v) is 9.08. The highest BCUT2D eigenvalue weighted by atomic mass is 35.5. The average Bonchev–Trinajstić information content (AvgIpc) is 3.04. The molecule has 0 saturated carbocycles. The molecular weight excluding hydrogens is 395 g/mol. The number of aliphatic hydroxyl groups excluding tert-OH is 1. The van der Waals surface area contributed by atoms with Gasteiger partial charge in [-0.3, -0.25) is 4.79 Å². The normalized spacial score (nSPS) is 18.9. The molecule has 8 heteroatoms. The van der Waals surface area contributed by atoms with Crippen molar-refractivity contribution in [2.75, 3.05) is 19.0 Å². The summed E-state index contributed by atoms with van der Waals surface area (Å²) < 4.78 is 5.15. The van der Waals surface area contributed by atoms with E-state index in [0.29, 0.717) is 23.7 Å². The summed E-state index contributed by atoms with van der Waals surface area (Å²) in [6.45, 7) is 0.441. The molecule has 0 bridgehead atoms. The Hall–Kier alpha value is -1.44. The zero-order valence-electron chi connectivity index (χ0n) is 14.1. The second-order valence-electron chi connectivity index (χ2n) is 5.76. The lowest BCUT2D eigenvalue weighted by atomic mass is 10.2. The van der Waals surface area contributed by atoms with E-state index in [1.54, 1.807) is 24.9 Å². The average molecular weight is 415 g/mol. The molecule has 1 aliphatic rings. The van der Waals surface area contributed by atoms with Crippen molar-refractivity contribution >= 4 is 47.4 Å². The van der Waals surface area contributed by atoms with Crippen molar-refractivity contribution in [2.24, 2.45) is 0 Å². The van der Waals surface area contributed by atoms with Gasteiger partial charge in [-0.1, -0.05) is 23.4 Å². The molecule has 26 heavy (non-hydrogen) atoms. The predicted octanol–water partition coefficient (Wildman–Crippen LogP) is 3.58. The smallest absolute Gasteiger partial charge is 0.241 e. The van der Waals surface area contributed by atoms with Gasteiger partial charge in [0.2, 0.25) is 5.91 Å². The summed E-state index contributed by atoms with van der Waals surface area (Å²) in [7, 11) is 1.63. The Balaban J connectivity index is 0.00000243. The molecule has 0 aromatic heterocycles. The Morgan fingerprint density at radius 3 is 2.62 bits per heavy atom. The van der Waals surface area contributed by atoms with Gasteiger partial charge < -0.3 is 20.5 Å². The lowest BCUT2D eigenvalue weighted by Gasteiger charge is -2.12. The highest BCUT2D eigenvalue weighted by Crippen LogP contribution is 2.35. The maximum absolute atomic E-state index is 12.2. The predicted molar refractivity (Wildman–Crippen MR) is 107 cm³/mol. The molecule has 2 atom stereocenters. The lowest BCUT2D eigenvalue weighted by Crippen LogP contribution is -2.35. The molecular formula is C18H20Cl2N2O3S. The highest BCUT2D eigenvalue weighted by Gasteiger charge is 2.28. The molecule has 2 aromatic rings. The number of rotatable bonds is 5. The third-order valence-corrected chi connectivity index (χ3v) is 5.42. The summed E-state index contributed by atoms with van der Waals surface area (Å²) in [5, 5.41) is 15.9. The van der Waals surface area contributed by atoms with Crippen LogP contribution in [0.1, 0.15) is 6.42 Å². The van der Waals surface area contributed by atoms with E-state index >= 15 is 0 Å². The van der Waals surface area contributed by atoms with Crippen molar-refractivity contribution in [1.82, 2.24) is 5.32 Å². The maximum atomic E-state index is 12.2. The van der Waals surface area contributed by atoms with Crippen LogP contribution < -0.4 is 15.4 Å². The Morgan fingerprint density at radius 2 is 2.04 bits per heavy atom. The number of benzene rings is 2. The first-order chi connectivity index (χ1) is 12.0. The van der Waals surface area contributed by atoms with Crippen molar-refractivity contribution in [3.8, 4) is 5.75 Å². The highest BCUT2D eigenvalue weighted by molar-refractivity contribution is 7.99. The lowest BCUT2D eigenvalue weighted by molar-refractivity contribution is -0.117. The van der Waals surface area contributed by atoms with Crippen LogP contribution in [0.2, 0.25) is 5.02 Å². The molecule has 1 aliphatic heterocycles. The Morgan fingerprint density at radius 1 is 1.31 bits per heavy atom. The van der Waals surface area contributed by atoms with E-state index in [0.717, 1.165) is 15.5 Å². The SMILES string of the molecule is COc1ccc(Sc2ccc(NC(=O)C3CC(O)CN3)cc2Cl)cc1.Cl. The van der Waals surface area contributed by atoms with Gasteiger partial charge in [0, 0.05) is 22.0 Å². The molecule has 3 N–H and O–H groups in total. The quantitative estimate of drug-likeness (QED) is 0.697. The van der Waals surface area contributed by atoms with Crippen molar-refractivity contribution in [3.63, 3.8) is 0 Å². The van der Waals surface area contributed by atoms with E-state index in [2.05, 4.69) is 10.6 Å². The fraction of sp³-hybridized carbons (Fsp3) is 0.278. The first kappa shape index (κ1) is 20.9. The standard InChI is InChI=1S/C18H19ClN2O3S.ClH/c1-24-13-3-5-14(6-4-13)25-17-7-2-11(8-15(17)19)21-18(23)16-9-12(22)10-20-16;/h2-8,12,16,20,22H,9-10H2,1H3,(H,21,23);1H. The van der Waals surface area contributed by atoms with Crippen molar-refractivity contribution in [1.29, 1.82) is 0 Å². The van der Waals surface area contributed by atoms with Crippen molar-refractivity contribution in [3.05, 3.63) is 47.5 Å². The fourth-order valence-corrected chi connectivity index (χ4v) is 3.69. The fourth-order valence-electron chi connectivity index (χ4n) is 2.58. The molecule has 140 valence electrons. The van der Waals surface area contributed by atoms with Crippen molar-refractivity contribution in [2.45, 2.75) is 28.4 Å². The molecule has 5 nitrogen and oxygen atoms in total. The molecule has 0 spiro atoms. The number of methoxy groups -OCH3 is 1. The van der Waals surface area contributed by atoms with Crippen LogP contribution in [0.25, 0.3) is 0 Å². The Kier molecular flexibility index (Phi) is 7.61. The monoisotopic (exact) mass is 414 g/mol. The Bertz CT molecular complexity index is 759. The third kappa shape index (κ3) is 5.28. The maximum Gasteiger partial charge on any atom is 0.241 e. The number of β-amino-alcohol motifs (C(OH)–C–C–N with tert-alkyl or cyclic N) is 1. The third-order valence-electron chi connectivity index (χ3n) is 3.91. The van der Waals surface area contributed by atoms with Gasteiger partial charge in [0.05, 0.1) is 24.3 Å². The van der Waals surface area contributed by atoms with E-state index < -0.39 is 6.10 Å². The van der Waals surface area contributed by atoms with Gasteiger partial charge in [0.15, 0.2) is 0 Å². The van der Waals surface area contributed by atoms with E-state index in [4.69, 9.17) is 16.3 Å². The van der Waals surface area contributed by atoms with Crippen LogP contribution in [0.4, 0.5) is 5.69 Å². The summed E-state index contributed by atoms with van der Waals surface area (Å²) in [6.07, 6.45) is -0.0482. The zero-order valence-corrected chi connectivity index (χ0v) is 16.5. The van der Waals surface area contributed by atoms with Gasteiger partial charge in [-0.15, -0.1) is 12.4 Å². The van der Waals surface area contributed by atoms with E-state index in [1.165, 1.54) is 0 Å². The number of hydrogen-bond donors (Lipinski definition) is 3. The van der Waals surface area contributed by atoms with Gasteiger partial charge in [-0.25, -0.2) is 0 Å². The summed E-state index contributed by atoms with van der Waals surface area (Å²) >= 11 is 7.89. The first-order valence-electron chi connectivity index (χ1n) is 7.89. The molecule has 2 unspecified atom stereocenters. The van der Waals surface area contributed by atoms with Gasteiger partial charge >= 0.3 is 0 Å². The largest absolute Gasteiger partial charge is 0.497 e. The van der Waals surface area contributed by atoms with Crippen LogP contribution in [0.5, 0.6) is 5.75 Å². The van der Waals surface area contributed by atoms with E-state index in [-0.39, 0.29) is 24.4 Å². The van der Waals surface area contributed by atoms with Crippen LogP contribution in [-0.2, 0) is 4.79 Å². The molecule has 1 heterocycles. The number of carbonyl (C=O) groups excluding carboxylic acids is 1. The number of nitrogens with one attached hydrogen (secondary N) is 2. The second-order valence-corrected chi connectivity index (χ2v) is 7.28. The van der Waals surface area contributed by atoms with Crippen LogP contribution in [0, 0.1) is 0 Å². The van der Waals surface area contributed by atoms with Crippen LogP contribution in [-0.4, -0.2) is 36.8 Å². The van der Waals surface area contributed by atoms with Crippen LogP contribution >= 0.6 is 35.8 Å². The van der Waals surface area contributed by atoms with Crippen molar-refractivity contribution < 1.29 is 14.6 Å². The minimum absolute atomic E-state index is 0. The minimum atomic E-state index is -0.470. The van der Waals surface area contributed by atoms with Gasteiger partial charge in [-0.05, 0) is 48.9 Å². The summed E-state index contributed by atoms with van der Waals surface area (Å²) in [6, 6.07) is 12.8. The minimum Gasteiger partial charge on any atom is -0.497 e. The number of hydrogen-bond acceptors (Lipinski definition) is 5. The number of anilines is 1. The van der Waals surface area contributed by atoms with E-state index in [9.17, 15) is 9.90 Å². The van der Waals surface area contributed by atoms with E-state index in [1.807, 2.05) is 36.4 Å². The summed E-state index contributed by atoms with van der Waals surface area (Å²) in [4.78, 5) is 14.1. The molecule has 0 radical (unpaired) electrons. The second kappa shape index (κ2) is 9.48. The summed E-state index contributed by atoms with van der Waals surface area (Å²) in [5.74, 6) is 0.641. The molecule has 1 fully saturated rings. The molecule has 1 amide bonds. The molecule has 3 rings (SSSR count). The molecule has 1 saturated heterocycles. The van der Waals surface area contributed by atoms with Gasteiger partial charge in [0.1, 0.15) is 5.75 Å². The molecule has 2 aromatic carbocycles. The number of ether oxygens (including phenoxy) is 1. The number of aliphatic hydroxyl groups is 1. The van der Waals surface area contributed by atoms with Gasteiger partial charge in [-0.2, -0.15) is 0 Å². The molecule has 0 aliphatic carbocycles. The topological polar surface area (TPSA) is 70.6 Å². The Labute approximate surface area is 167 Å². The number of amides is 1. The summed E-state index contributed by atoms with van der Waals surface area (Å²) in [5.41, 5.74) is 0.636. The van der Waals surface area contributed by atoms with Crippen LogP contribution in [0.3, 0.4) is 0 Å². The van der Waals surface area contributed by atoms with Crippen LogP contribution in [0.15, 0.2) is 52.3 Å². The van der Waals surface area contributed by atoms with Gasteiger partial charge in [0.25, 0.3) is 0 Å².